The fraction of sp³-hybridized carbons (Fsp3) is 0.640. The molecule has 1 N–H and O–H groups in total. The lowest BCUT2D eigenvalue weighted by atomic mass is 9.74. The quantitative estimate of drug-likeness (QED) is 0.752. The Balaban J connectivity index is 1.21. The van der Waals surface area contributed by atoms with E-state index in [1.54, 1.807) is 11.3 Å². The van der Waals surface area contributed by atoms with Crippen molar-refractivity contribution >= 4 is 27.3 Å². The normalized spacial score (nSPS) is 31.0. The zero-order valence-electron chi connectivity index (χ0n) is 18.7. The van der Waals surface area contributed by atoms with Gasteiger partial charge in [0.25, 0.3) is 5.91 Å². The first-order chi connectivity index (χ1) is 14.7. The van der Waals surface area contributed by atoms with Gasteiger partial charge in [-0.15, -0.1) is 11.3 Å². The molecule has 1 spiro atoms. The summed E-state index contributed by atoms with van der Waals surface area (Å²) in [5.41, 5.74) is -1.02. The zero-order valence-corrected chi connectivity index (χ0v) is 19.5. The van der Waals surface area contributed by atoms with Gasteiger partial charge in [0.2, 0.25) is 0 Å². The lowest BCUT2D eigenvalue weighted by molar-refractivity contribution is -0.155. The van der Waals surface area contributed by atoms with Gasteiger partial charge in [-0.05, 0) is 75.8 Å². The summed E-state index contributed by atoms with van der Waals surface area (Å²) in [5, 5.41) is 11.5. The molecule has 3 aliphatic rings. The molecule has 31 heavy (non-hydrogen) atoms. The Bertz CT molecular complexity index is 938. The molecule has 3 atom stereocenters. The minimum absolute atomic E-state index is 0.0599. The zero-order chi connectivity index (χ0) is 21.9. The maximum Gasteiger partial charge on any atom is 0.263 e. The van der Waals surface area contributed by atoms with Gasteiger partial charge in [-0.3, -0.25) is 4.79 Å². The van der Waals surface area contributed by atoms with E-state index in [2.05, 4.69) is 19.1 Å². The minimum Gasteiger partial charge on any atom is -0.388 e. The predicted octanol–water partition coefficient (Wildman–Crippen LogP) is 4.62. The van der Waals surface area contributed by atoms with Crippen LogP contribution in [0, 0.1) is 5.41 Å². The van der Waals surface area contributed by atoms with Crippen LogP contribution in [0.15, 0.2) is 30.3 Å². The molecular weight excluding hydrogens is 410 g/mol. The summed E-state index contributed by atoms with van der Waals surface area (Å²) in [7, 11) is 0. The third-order valence-electron chi connectivity index (χ3n) is 7.74. The van der Waals surface area contributed by atoms with Gasteiger partial charge in [0, 0.05) is 17.8 Å². The number of nitrogens with zero attached hydrogens (tertiary/aromatic N) is 1. The molecule has 0 radical (unpaired) electrons. The molecule has 5 rings (SSSR count). The monoisotopic (exact) mass is 443 g/mol. The molecule has 3 saturated heterocycles. The summed E-state index contributed by atoms with van der Waals surface area (Å²) in [4.78, 5) is 15.9. The topological polar surface area (TPSA) is 59.0 Å². The van der Waals surface area contributed by atoms with E-state index in [9.17, 15) is 9.90 Å². The average Bonchev–Trinajstić information content (AvgIpc) is 3.45. The summed E-state index contributed by atoms with van der Waals surface area (Å²) in [6, 6.07) is 10.2. The van der Waals surface area contributed by atoms with Crippen LogP contribution in [0.2, 0.25) is 0 Å². The van der Waals surface area contributed by atoms with E-state index < -0.39 is 5.60 Å². The highest BCUT2D eigenvalue weighted by atomic mass is 32.1. The number of carbonyl (C=O) groups excluding carboxylic acids is 1. The van der Waals surface area contributed by atoms with Crippen LogP contribution in [-0.4, -0.2) is 59.0 Å². The molecule has 0 unspecified atom stereocenters. The first-order valence-electron chi connectivity index (χ1n) is 11.5. The van der Waals surface area contributed by atoms with Crippen LogP contribution in [0.5, 0.6) is 0 Å². The maximum atomic E-state index is 13.1. The number of piperidine rings is 1. The Morgan fingerprint density at radius 1 is 1.23 bits per heavy atom. The number of fused-ring (bicyclic) bond motifs is 1. The van der Waals surface area contributed by atoms with Gasteiger partial charge in [-0.2, -0.15) is 0 Å². The highest BCUT2D eigenvalue weighted by Gasteiger charge is 2.53. The molecule has 1 amide bonds. The van der Waals surface area contributed by atoms with Gasteiger partial charge < -0.3 is 19.5 Å². The van der Waals surface area contributed by atoms with E-state index >= 15 is 0 Å². The number of rotatable bonds is 3. The van der Waals surface area contributed by atoms with E-state index in [0.717, 1.165) is 62.1 Å². The van der Waals surface area contributed by atoms with Crippen LogP contribution in [0.25, 0.3) is 10.1 Å². The summed E-state index contributed by atoms with van der Waals surface area (Å²) < 4.78 is 13.8. The smallest absolute Gasteiger partial charge is 0.263 e. The Kier molecular flexibility index (Phi) is 5.20. The predicted molar refractivity (Wildman–Crippen MR) is 123 cm³/mol. The molecule has 3 aliphatic heterocycles. The maximum absolute atomic E-state index is 13.1. The van der Waals surface area contributed by atoms with Crippen LogP contribution in [-0.2, 0) is 9.47 Å². The van der Waals surface area contributed by atoms with Gasteiger partial charge >= 0.3 is 0 Å². The van der Waals surface area contributed by atoms with Gasteiger partial charge in [-0.1, -0.05) is 18.2 Å². The van der Waals surface area contributed by atoms with E-state index in [1.807, 2.05) is 36.9 Å². The number of aliphatic hydroxyl groups is 1. The highest BCUT2D eigenvalue weighted by molar-refractivity contribution is 7.20. The second-order valence-electron chi connectivity index (χ2n) is 10.6. The third kappa shape index (κ3) is 3.92. The lowest BCUT2D eigenvalue weighted by Crippen LogP contribution is -2.45. The summed E-state index contributed by atoms with van der Waals surface area (Å²) >= 11 is 1.59. The van der Waals surface area contributed by atoms with Crippen LogP contribution in [0.4, 0.5) is 0 Å². The molecular formula is C25H33NO4S. The van der Waals surface area contributed by atoms with Gasteiger partial charge in [0.05, 0.1) is 34.9 Å². The molecule has 6 heteroatoms. The standard InChI is InChI=1S/C25H33NO4S/c1-23(2,28)20-8-9-24(3,30-20)21-15-25(16-29-21)10-12-26(13-11-25)22(27)19-14-17-6-4-5-7-18(17)31-19/h4-7,14,20-21,28H,8-13,15-16H2,1-3H3/t20-,21+,24+/m0/s1. The summed E-state index contributed by atoms with van der Waals surface area (Å²) in [6.45, 7) is 8.10. The first kappa shape index (κ1) is 21.4. The highest BCUT2D eigenvalue weighted by Crippen LogP contribution is 2.49. The van der Waals surface area contributed by atoms with Crippen molar-refractivity contribution in [2.75, 3.05) is 19.7 Å². The van der Waals surface area contributed by atoms with Crippen molar-refractivity contribution in [3.05, 3.63) is 35.2 Å². The molecule has 0 bridgehead atoms. The van der Waals surface area contributed by atoms with E-state index in [-0.39, 0.29) is 29.1 Å². The van der Waals surface area contributed by atoms with E-state index in [4.69, 9.17) is 9.47 Å². The van der Waals surface area contributed by atoms with Gasteiger partial charge in [0.15, 0.2) is 0 Å². The second-order valence-corrected chi connectivity index (χ2v) is 11.6. The molecule has 168 valence electrons. The molecule has 1 aromatic heterocycles. The summed E-state index contributed by atoms with van der Waals surface area (Å²) in [5.74, 6) is 0.158. The number of ether oxygens (including phenoxy) is 2. The number of hydrogen-bond acceptors (Lipinski definition) is 5. The molecule has 4 heterocycles. The largest absolute Gasteiger partial charge is 0.388 e. The fourth-order valence-electron chi connectivity index (χ4n) is 5.55. The lowest BCUT2D eigenvalue weighted by Gasteiger charge is -2.39. The first-order valence-corrected chi connectivity index (χ1v) is 12.3. The van der Waals surface area contributed by atoms with E-state index in [0.29, 0.717) is 0 Å². The van der Waals surface area contributed by atoms with Gasteiger partial charge in [-0.25, -0.2) is 0 Å². The molecule has 0 aliphatic carbocycles. The number of amides is 1. The molecule has 0 saturated carbocycles. The van der Waals surface area contributed by atoms with Crippen molar-refractivity contribution in [2.45, 2.75) is 76.3 Å². The number of likely N-dealkylation sites (tertiary alicyclic amines) is 1. The Hall–Kier alpha value is -1.47. The van der Waals surface area contributed by atoms with Crippen molar-refractivity contribution in [2.24, 2.45) is 5.41 Å². The molecule has 5 nitrogen and oxygen atoms in total. The number of thiophene rings is 1. The molecule has 2 aromatic rings. The average molecular weight is 444 g/mol. The number of carbonyl (C=O) groups is 1. The SMILES string of the molecule is CC(C)(O)[C@@H]1CC[C@](C)([C@H]2CC3(CCN(C(=O)c4cc5ccccc5s4)CC3)CO2)O1. The van der Waals surface area contributed by atoms with Crippen LogP contribution < -0.4 is 0 Å². The summed E-state index contributed by atoms with van der Waals surface area (Å²) in [6.07, 6.45) is 4.63. The van der Waals surface area contributed by atoms with Crippen LogP contribution >= 0.6 is 11.3 Å². The number of benzene rings is 1. The molecule has 3 fully saturated rings. The van der Waals surface area contributed by atoms with Crippen molar-refractivity contribution in [1.29, 1.82) is 0 Å². The Morgan fingerprint density at radius 2 is 1.97 bits per heavy atom. The minimum atomic E-state index is -0.827. The van der Waals surface area contributed by atoms with Crippen molar-refractivity contribution in [3.63, 3.8) is 0 Å². The fourth-order valence-corrected chi connectivity index (χ4v) is 6.58. The van der Waals surface area contributed by atoms with Crippen LogP contribution in [0.1, 0.15) is 62.5 Å². The van der Waals surface area contributed by atoms with Crippen molar-refractivity contribution < 1.29 is 19.4 Å². The van der Waals surface area contributed by atoms with Crippen LogP contribution in [0.3, 0.4) is 0 Å². The van der Waals surface area contributed by atoms with Crippen molar-refractivity contribution in [3.8, 4) is 0 Å². The third-order valence-corrected chi connectivity index (χ3v) is 8.84. The van der Waals surface area contributed by atoms with Gasteiger partial charge in [0.1, 0.15) is 0 Å². The Labute approximate surface area is 188 Å². The molecule has 1 aromatic carbocycles. The second kappa shape index (κ2) is 7.55. The Morgan fingerprint density at radius 3 is 2.65 bits per heavy atom. The number of hydrogen-bond donors (Lipinski definition) is 1. The van der Waals surface area contributed by atoms with E-state index in [1.165, 1.54) is 4.70 Å². The van der Waals surface area contributed by atoms with Crippen molar-refractivity contribution in [1.82, 2.24) is 4.90 Å².